The van der Waals surface area contributed by atoms with Gasteiger partial charge in [0, 0.05) is 26.2 Å². The highest BCUT2D eigenvalue weighted by atomic mass is 16.5. The molecule has 152 valence electrons. The second-order valence-electron chi connectivity index (χ2n) is 7.98. The average Bonchev–Trinajstić information content (AvgIpc) is 2.93. The lowest BCUT2D eigenvalue weighted by atomic mass is 9.97. The highest BCUT2D eigenvalue weighted by Gasteiger charge is 2.28. The van der Waals surface area contributed by atoms with Gasteiger partial charge >= 0.3 is 0 Å². The van der Waals surface area contributed by atoms with Crippen molar-refractivity contribution in [3.63, 3.8) is 0 Å². The number of nitrogens with zero attached hydrogens (tertiary/aromatic N) is 5. The number of nitrogens with one attached hydrogen (secondary N) is 1. The summed E-state index contributed by atoms with van der Waals surface area (Å²) in [6.07, 6.45) is 8.63. The first-order valence-electron chi connectivity index (χ1n) is 10.5. The quantitative estimate of drug-likeness (QED) is 0.842. The molecule has 0 unspecified atom stereocenters. The lowest BCUT2D eigenvalue weighted by Crippen LogP contribution is -2.45. The fraction of sp³-hybridized carbons (Fsp3) is 0.700. The third-order valence-electron chi connectivity index (χ3n) is 5.94. The Labute approximate surface area is 165 Å². The van der Waals surface area contributed by atoms with Crippen LogP contribution in [-0.4, -0.2) is 65.2 Å². The molecule has 2 aromatic rings. The molecule has 8 nitrogen and oxygen atoms in total. The third-order valence-corrected chi connectivity index (χ3v) is 5.94. The van der Waals surface area contributed by atoms with Crippen LogP contribution < -0.4 is 10.2 Å². The molecule has 2 aromatic heterocycles. The molecule has 0 aliphatic carbocycles. The van der Waals surface area contributed by atoms with E-state index in [9.17, 15) is 4.79 Å². The summed E-state index contributed by atoms with van der Waals surface area (Å²) < 4.78 is 5.26. The van der Waals surface area contributed by atoms with E-state index in [1.807, 2.05) is 6.92 Å². The maximum Gasteiger partial charge on any atom is 0.263 e. The molecule has 2 aliphatic heterocycles. The first-order valence-corrected chi connectivity index (χ1v) is 10.5. The minimum absolute atomic E-state index is 0.0111. The number of amides is 1. The minimum Gasteiger partial charge on any atom is -0.355 e. The molecule has 8 heteroatoms. The molecule has 1 amide bonds. The SMILES string of the molecule is Cc1noc2ncnc(N3CCC[C@H](C(=O)NCCN4CCCCCC4)C3)c12. The van der Waals surface area contributed by atoms with Crippen LogP contribution in [-0.2, 0) is 4.79 Å². The molecule has 0 aromatic carbocycles. The monoisotopic (exact) mass is 386 g/mol. The molecule has 1 atom stereocenters. The van der Waals surface area contributed by atoms with Crippen molar-refractivity contribution in [2.24, 2.45) is 5.92 Å². The van der Waals surface area contributed by atoms with E-state index in [-0.39, 0.29) is 11.8 Å². The van der Waals surface area contributed by atoms with Crippen molar-refractivity contribution >= 4 is 22.8 Å². The lowest BCUT2D eigenvalue weighted by Gasteiger charge is -2.33. The van der Waals surface area contributed by atoms with Gasteiger partial charge in [-0.1, -0.05) is 18.0 Å². The van der Waals surface area contributed by atoms with E-state index in [1.54, 1.807) is 0 Å². The summed E-state index contributed by atoms with van der Waals surface area (Å²) in [7, 11) is 0. The number of likely N-dealkylation sites (tertiary alicyclic amines) is 1. The Morgan fingerprint density at radius 3 is 2.82 bits per heavy atom. The van der Waals surface area contributed by atoms with Gasteiger partial charge in [0.2, 0.25) is 5.91 Å². The molecule has 1 N–H and O–H groups in total. The molecule has 0 spiro atoms. The number of carbonyl (C=O) groups excluding carboxylic acids is 1. The number of hydrogen-bond acceptors (Lipinski definition) is 7. The zero-order valence-corrected chi connectivity index (χ0v) is 16.7. The van der Waals surface area contributed by atoms with Gasteiger partial charge in [-0.3, -0.25) is 4.79 Å². The van der Waals surface area contributed by atoms with Crippen molar-refractivity contribution in [3.8, 4) is 0 Å². The van der Waals surface area contributed by atoms with Gasteiger partial charge in [-0.05, 0) is 45.7 Å². The Kier molecular flexibility index (Phi) is 6.04. The van der Waals surface area contributed by atoms with Crippen LogP contribution in [0.2, 0.25) is 0 Å². The van der Waals surface area contributed by atoms with E-state index in [4.69, 9.17) is 4.52 Å². The number of hydrogen-bond donors (Lipinski definition) is 1. The van der Waals surface area contributed by atoms with Crippen LogP contribution in [0, 0.1) is 12.8 Å². The zero-order valence-electron chi connectivity index (χ0n) is 16.7. The summed E-state index contributed by atoms with van der Waals surface area (Å²) in [6.45, 7) is 7.46. The number of piperidine rings is 1. The number of rotatable bonds is 5. The minimum atomic E-state index is -0.0111. The third kappa shape index (κ3) is 4.27. The standard InChI is InChI=1S/C20H30N6O2/c1-15-17-18(22-14-23-20(17)28-24-15)26-11-6-7-16(13-26)19(27)21-8-12-25-9-4-2-3-5-10-25/h14,16H,2-13H2,1H3,(H,21,27)/t16-/m0/s1. The Balaban J connectivity index is 1.34. The number of anilines is 1. The topological polar surface area (TPSA) is 87.4 Å². The largest absolute Gasteiger partial charge is 0.355 e. The molecule has 0 bridgehead atoms. The van der Waals surface area contributed by atoms with Crippen LogP contribution in [0.25, 0.3) is 11.1 Å². The van der Waals surface area contributed by atoms with Crippen LogP contribution in [0.1, 0.15) is 44.2 Å². The van der Waals surface area contributed by atoms with Crippen molar-refractivity contribution in [2.75, 3.05) is 44.2 Å². The number of fused-ring (bicyclic) bond motifs is 1. The maximum absolute atomic E-state index is 12.7. The number of carbonyl (C=O) groups is 1. The summed E-state index contributed by atoms with van der Waals surface area (Å²) in [5.74, 6) is 0.973. The van der Waals surface area contributed by atoms with Gasteiger partial charge < -0.3 is 19.6 Å². The molecule has 0 radical (unpaired) electrons. The highest BCUT2D eigenvalue weighted by molar-refractivity contribution is 5.88. The van der Waals surface area contributed by atoms with Crippen LogP contribution in [0.4, 0.5) is 5.82 Å². The second-order valence-corrected chi connectivity index (χ2v) is 7.98. The van der Waals surface area contributed by atoms with E-state index in [1.165, 1.54) is 32.0 Å². The normalized spacial score (nSPS) is 21.6. The Morgan fingerprint density at radius 2 is 2.00 bits per heavy atom. The molecule has 4 rings (SSSR count). The first-order chi connectivity index (χ1) is 13.7. The van der Waals surface area contributed by atoms with Gasteiger partial charge in [0.1, 0.15) is 17.5 Å². The van der Waals surface area contributed by atoms with Crippen molar-refractivity contribution in [3.05, 3.63) is 12.0 Å². The van der Waals surface area contributed by atoms with E-state index < -0.39 is 0 Å². The van der Waals surface area contributed by atoms with Gasteiger partial charge in [0.05, 0.1) is 11.6 Å². The molecule has 2 aliphatic rings. The fourth-order valence-corrected chi connectivity index (χ4v) is 4.37. The van der Waals surface area contributed by atoms with Crippen LogP contribution in [0.3, 0.4) is 0 Å². The zero-order chi connectivity index (χ0) is 19.3. The van der Waals surface area contributed by atoms with E-state index in [0.29, 0.717) is 12.3 Å². The van der Waals surface area contributed by atoms with Crippen molar-refractivity contribution in [1.29, 1.82) is 0 Å². The number of aryl methyl sites for hydroxylation is 1. The molecule has 2 fully saturated rings. The van der Waals surface area contributed by atoms with Crippen molar-refractivity contribution < 1.29 is 9.32 Å². The molecule has 4 heterocycles. The van der Waals surface area contributed by atoms with Gasteiger partial charge in [-0.2, -0.15) is 4.98 Å². The average molecular weight is 387 g/mol. The Morgan fingerprint density at radius 1 is 1.18 bits per heavy atom. The number of aromatic nitrogens is 3. The van der Waals surface area contributed by atoms with Crippen LogP contribution in [0.15, 0.2) is 10.9 Å². The van der Waals surface area contributed by atoms with Gasteiger partial charge in [0.25, 0.3) is 5.71 Å². The van der Waals surface area contributed by atoms with E-state index in [0.717, 1.165) is 62.5 Å². The predicted octanol–water partition coefficient (Wildman–Crippen LogP) is 2.13. The van der Waals surface area contributed by atoms with Gasteiger partial charge in [-0.25, -0.2) is 4.98 Å². The smallest absolute Gasteiger partial charge is 0.263 e. The highest BCUT2D eigenvalue weighted by Crippen LogP contribution is 2.29. The summed E-state index contributed by atoms with van der Waals surface area (Å²) in [4.78, 5) is 26.0. The van der Waals surface area contributed by atoms with Gasteiger partial charge in [0.15, 0.2) is 0 Å². The molecular formula is C20H30N6O2. The predicted molar refractivity (Wildman–Crippen MR) is 107 cm³/mol. The van der Waals surface area contributed by atoms with E-state index >= 15 is 0 Å². The summed E-state index contributed by atoms with van der Waals surface area (Å²) in [6, 6.07) is 0. The molecule has 28 heavy (non-hydrogen) atoms. The van der Waals surface area contributed by atoms with Crippen molar-refractivity contribution in [2.45, 2.75) is 45.4 Å². The summed E-state index contributed by atoms with van der Waals surface area (Å²) in [5, 5.41) is 8.03. The summed E-state index contributed by atoms with van der Waals surface area (Å²) >= 11 is 0. The molecular weight excluding hydrogens is 356 g/mol. The Hall–Kier alpha value is -2.22. The first kappa shape index (κ1) is 19.1. The fourth-order valence-electron chi connectivity index (χ4n) is 4.37. The van der Waals surface area contributed by atoms with E-state index in [2.05, 4.69) is 30.2 Å². The van der Waals surface area contributed by atoms with Crippen LogP contribution >= 0.6 is 0 Å². The lowest BCUT2D eigenvalue weighted by molar-refractivity contribution is -0.125. The van der Waals surface area contributed by atoms with Gasteiger partial charge in [-0.15, -0.1) is 0 Å². The van der Waals surface area contributed by atoms with Crippen LogP contribution in [0.5, 0.6) is 0 Å². The molecule has 2 saturated heterocycles. The maximum atomic E-state index is 12.7. The second kappa shape index (κ2) is 8.86. The summed E-state index contributed by atoms with van der Waals surface area (Å²) in [5.41, 5.74) is 1.29. The molecule has 0 saturated carbocycles. The van der Waals surface area contributed by atoms with Crippen molar-refractivity contribution in [1.82, 2.24) is 25.3 Å². The Bertz CT molecular complexity index is 799.